The third-order valence-corrected chi connectivity index (χ3v) is 1.75. The summed E-state index contributed by atoms with van der Waals surface area (Å²) in [6, 6.07) is 0. The van der Waals surface area contributed by atoms with Gasteiger partial charge in [-0.05, 0) is 25.5 Å². The lowest BCUT2D eigenvalue weighted by atomic mass is 10.1. The Morgan fingerprint density at radius 3 is 2.78 bits per heavy atom. The van der Waals surface area contributed by atoms with E-state index in [0.29, 0.717) is 0 Å². The zero-order chi connectivity index (χ0) is 6.69. The molecular formula is C7H13NO. The molecule has 9 heavy (non-hydrogen) atoms. The van der Waals surface area contributed by atoms with Crippen molar-refractivity contribution in [1.29, 1.82) is 0 Å². The summed E-state index contributed by atoms with van der Waals surface area (Å²) in [5.41, 5.74) is 0. The number of nitrogens with zero attached hydrogens (tertiary/aromatic N) is 1. The van der Waals surface area contributed by atoms with Crippen LogP contribution in [0.4, 0.5) is 0 Å². The van der Waals surface area contributed by atoms with Gasteiger partial charge in [-0.15, -0.1) is 0 Å². The molecule has 0 amide bonds. The lowest BCUT2D eigenvalue weighted by Gasteiger charge is -2.30. The van der Waals surface area contributed by atoms with Crippen molar-refractivity contribution >= 4 is 0 Å². The zero-order valence-electron chi connectivity index (χ0n) is 5.58. The van der Waals surface area contributed by atoms with Gasteiger partial charge in [0.25, 0.3) is 0 Å². The van der Waals surface area contributed by atoms with E-state index in [2.05, 4.69) is 6.58 Å². The van der Waals surface area contributed by atoms with E-state index >= 15 is 0 Å². The first-order chi connectivity index (χ1) is 4.34. The molecule has 1 N–H and O–H groups in total. The fourth-order valence-corrected chi connectivity index (χ4v) is 1.15. The van der Waals surface area contributed by atoms with Gasteiger partial charge in [0.2, 0.25) is 0 Å². The van der Waals surface area contributed by atoms with Crippen LogP contribution >= 0.6 is 0 Å². The summed E-state index contributed by atoms with van der Waals surface area (Å²) in [5.74, 6) is 0. The summed E-state index contributed by atoms with van der Waals surface area (Å²) in [6.07, 6.45) is 4.67. The minimum Gasteiger partial charge on any atom is -0.374 e. The Labute approximate surface area is 55.8 Å². The molecule has 1 saturated heterocycles. The monoisotopic (exact) mass is 127 g/mol. The van der Waals surface area contributed by atoms with Gasteiger partial charge in [0.05, 0.1) is 0 Å². The molecule has 1 aliphatic rings. The minimum absolute atomic E-state index is 0.267. The average molecular weight is 127 g/mol. The van der Waals surface area contributed by atoms with Gasteiger partial charge < -0.3 is 10.0 Å². The highest BCUT2D eigenvalue weighted by molar-refractivity contribution is 4.76. The van der Waals surface area contributed by atoms with Crippen LogP contribution in [0.2, 0.25) is 0 Å². The topological polar surface area (TPSA) is 23.5 Å². The van der Waals surface area contributed by atoms with Crippen LogP contribution in [-0.2, 0) is 0 Å². The van der Waals surface area contributed by atoms with E-state index in [9.17, 15) is 5.11 Å². The van der Waals surface area contributed by atoms with E-state index < -0.39 is 0 Å². The van der Waals surface area contributed by atoms with E-state index in [1.165, 1.54) is 6.42 Å². The molecule has 52 valence electrons. The second-order valence-corrected chi connectivity index (χ2v) is 2.40. The highest BCUT2D eigenvalue weighted by Crippen LogP contribution is 2.13. The van der Waals surface area contributed by atoms with Crippen molar-refractivity contribution in [3.63, 3.8) is 0 Å². The summed E-state index contributed by atoms with van der Waals surface area (Å²) in [6.45, 7) is 4.56. The molecule has 0 bridgehead atoms. The largest absolute Gasteiger partial charge is 0.374 e. The average Bonchev–Trinajstić information content (AvgIpc) is 1.89. The summed E-state index contributed by atoms with van der Waals surface area (Å²) in [5, 5.41) is 9.22. The molecule has 1 fully saturated rings. The number of hydrogen-bond acceptors (Lipinski definition) is 2. The first-order valence-electron chi connectivity index (χ1n) is 3.41. The molecule has 0 spiro atoms. The molecule has 0 aromatic rings. The number of aliphatic hydroxyl groups excluding tert-OH is 1. The van der Waals surface area contributed by atoms with Crippen LogP contribution in [-0.4, -0.2) is 22.8 Å². The van der Waals surface area contributed by atoms with Gasteiger partial charge >= 0.3 is 0 Å². The molecule has 1 rings (SSSR count). The highest BCUT2D eigenvalue weighted by Gasteiger charge is 2.14. The first kappa shape index (κ1) is 6.62. The van der Waals surface area contributed by atoms with Gasteiger partial charge in [-0.2, -0.15) is 0 Å². The summed E-state index contributed by atoms with van der Waals surface area (Å²) >= 11 is 0. The van der Waals surface area contributed by atoms with Crippen molar-refractivity contribution in [3.8, 4) is 0 Å². The van der Waals surface area contributed by atoms with Crippen LogP contribution in [0.1, 0.15) is 19.3 Å². The lowest BCUT2D eigenvalue weighted by Crippen LogP contribution is -2.34. The SMILES string of the molecule is C=CN1CCCCC1O. The van der Waals surface area contributed by atoms with Crippen LogP contribution in [0.3, 0.4) is 0 Å². The number of aliphatic hydroxyl groups is 1. The molecule has 0 saturated carbocycles. The highest BCUT2D eigenvalue weighted by atomic mass is 16.3. The van der Waals surface area contributed by atoms with Gasteiger partial charge in [-0.25, -0.2) is 0 Å². The van der Waals surface area contributed by atoms with Crippen molar-refractivity contribution < 1.29 is 5.11 Å². The van der Waals surface area contributed by atoms with Gasteiger partial charge in [0.1, 0.15) is 6.23 Å². The maximum absolute atomic E-state index is 9.22. The summed E-state index contributed by atoms with van der Waals surface area (Å²) in [4.78, 5) is 1.88. The molecule has 0 aromatic carbocycles. The quantitative estimate of drug-likeness (QED) is 0.566. The number of hydrogen-bond donors (Lipinski definition) is 1. The van der Waals surface area contributed by atoms with E-state index in [-0.39, 0.29) is 6.23 Å². The Balaban J connectivity index is 2.38. The predicted octanol–water partition coefficient (Wildman–Crippen LogP) is 0.934. The van der Waals surface area contributed by atoms with E-state index in [1.807, 2.05) is 4.90 Å². The van der Waals surface area contributed by atoms with Gasteiger partial charge in [-0.3, -0.25) is 0 Å². The van der Waals surface area contributed by atoms with Crippen LogP contribution in [0, 0.1) is 0 Å². The lowest BCUT2D eigenvalue weighted by molar-refractivity contribution is 0.00913. The molecule has 1 unspecified atom stereocenters. The summed E-state index contributed by atoms with van der Waals surface area (Å²) < 4.78 is 0. The molecule has 2 heteroatoms. The van der Waals surface area contributed by atoms with E-state index in [4.69, 9.17) is 0 Å². The Kier molecular flexibility index (Phi) is 2.11. The fraction of sp³-hybridized carbons (Fsp3) is 0.714. The van der Waals surface area contributed by atoms with Crippen molar-refractivity contribution in [3.05, 3.63) is 12.8 Å². The predicted molar refractivity (Wildman–Crippen MR) is 36.8 cm³/mol. The summed E-state index contributed by atoms with van der Waals surface area (Å²) in [7, 11) is 0. The second-order valence-electron chi connectivity index (χ2n) is 2.40. The van der Waals surface area contributed by atoms with Gasteiger partial charge in [-0.1, -0.05) is 6.58 Å². The van der Waals surface area contributed by atoms with Crippen LogP contribution < -0.4 is 0 Å². The molecular weight excluding hydrogens is 114 g/mol. The number of rotatable bonds is 1. The standard InChI is InChI=1S/C7H13NO/c1-2-8-6-4-3-5-7(8)9/h2,7,9H,1,3-6H2. The number of piperidine rings is 1. The van der Waals surface area contributed by atoms with Crippen molar-refractivity contribution in [2.24, 2.45) is 0 Å². The van der Waals surface area contributed by atoms with E-state index in [1.54, 1.807) is 6.20 Å². The third kappa shape index (κ3) is 1.45. The van der Waals surface area contributed by atoms with Crippen molar-refractivity contribution in [2.75, 3.05) is 6.54 Å². The van der Waals surface area contributed by atoms with Gasteiger partial charge in [0, 0.05) is 6.54 Å². The smallest absolute Gasteiger partial charge is 0.126 e. The van der Waals surface area contributed by atoms with Crippen LogP contribution in [0.25, 0.3) is 0 Å². The van der Waals surface area contributed by atoms with Crippen LogP contribution in [0.15, 0.2) is 12.8 Å². The molecule has 0 aromatic heterocycles. The molecule has 0 radical (unpaired) electrons. The van der Waals surface area contributed by atoms with Crippen molar-refractivity contribution in [1.82, 2.24) is 4.90 Å². The normalized spacial score (nSPS) is 28.1. The Morgan fingerprint density at radius 2 is 2.33 bits per heavy atom. The van der Waals surface area contributed by atoms with Crippen molar-refractivity contribution in [2.45, 2.75) is 25.5 Å². The maximum Gasteiger partial charge on any atom is 0.126 e. The molecule has 0 aliphatic carbocycles. The minimum atomic E-state index is -0.267. The number of likely N-dealkylation sites (tertiary alicyclic amines) is 1. The zero-order valence-corrected chi connectivity index (χ0v) is 5.58. The molecule has 1 aliphatic heterocycles. The first-order valence-corrected chi connectivity index (χ1v) is 3.41. The maximum atomic E-state index is 9.22. The Hall–Kier alpha value is -0.500. The second kappa shape index (κ2) is 2.87. The van der Waals surface area contributed by atoms with Gasteiger partial charge in [0.15, 0.2) is 0 Å². The molecule has 1 heterocycles. The molecule has 2 nitrogen and oxygen atoms in total. The Morgan fingerprint density at radius 1 is 1.56 bits per heavy atom. The fourth-order valence-electron chi connectivity index (χ4n) is 1.15. The Bertz CT molecular complexity index is 103. The third-order valence-electron chi connectivity index (χ3n) is 1.75. The van der Waals surface area contributed by atoms with E-state index in [0.717, 1.165) is 19.4 Å². The molecule has 1 atom stereocenters. The van der Waals surface area contributed by atoms with Crippen LogP contribution in [0.5, 0.6) is 0 Å².